The van der Waals surface area contributed by atoms with Crippen molar-refractivity contribution in [3.05, 3.63) is 0 Å². The number of carboxylic acid groups (broad SMARTS) is 5. The van der Waals surface area contributed by atoms with Crippen LogP contribution in [0.15, 0.2) is 0 Å². The molecule has 0 radical (unpaired) electrons. The Morgan fingerprint density at radius 1 is 0.567 bits per heavy atom. The van der Waals surface area contributed by atoms with Crippen LogP contribution in [0.1, 0.15) is 34.6 Å². The minimum absolute atomic E-state index is 0. The van der Waals surface area contributed by atoms with Gasteiger partial charge in [-0.25, -0.2) is 0 Å². The van der Waals surface area contributed by atoms with E-state index in [2.05, 4.69) is 5.32 Å². The number of carboxylic acids is 5. The van der Waals surface area contributed by atoms with Gasteiger partial charge >= 0.3 is 0 Å². The maximum atomic E-state index is 9.00. The van der Waals surface area contributed by atoms with Gasteiger partial charge in [0.05, 0.1) is 0 Å². The van der Waals surface area contributed by atoms with Gasteiger partial charge in [-0.05, 0) is 0 Å². The van der Waals surface area contributed by atoms with E-state index in [1.807, 2.05) is 0 Å². The Morgan fingerprint density at radius 3 is 0.733 bits per heavy atom. The normalized spacial score (nSPS) is 6.37. The predicted octanol–water partition coefficient (Wildman–Crippen LogP) is -0.731. The number of hydrogen-bond donors (Lipinski definition) is 10. The molecule has 0 fully saturated rings. The third-order valence-corrected chi connectivity index (χ3v) is 0.642. The molecule has 0 amide bonds. The van der Waals surface area contributed by atoms with Crippen LogP contribution in [0.2, 0.25) is 0 Å². The molecule has 0 aliphatic heterocycles. The van der Waals surface area contributed by atoms with E-state index in [1.165, 1.54) is 0 Å². The van der Waals surface area contributed by atoms with Gasteiger partial charge in [0.25, 0.3) is 29.8 Å². The number of carbonyl (C=O) groups is 5. The van der Waals surface area contributed by atoms with E-state index in [4.69, 9.17) is 61.0 Å². The SMILES string of the molecule is CC(=O)O.CC(=O)O.CC(=O)O.CC(=O)O.CC(=O)O.N.N.NCCNCCN.[Fe]. The van der Waals surface area contributed by atoms with Crippen LogP contribution in [0.25, 0.3) is 0 Å². The van der Waals surface area contributed by atoms with Gasteiger partial charge in [0.15, 0.2) is 0 Å². The summed E-state index contributed by atoms with van der Waals surface area (Å²) in [6.45, 7) is 8.55. The summed E-state index contributed by atoms with van der Waals surface area (Å²) in [7, 11) is 0. The second-order valence-electron chi connectivity index (χ2n) is 3.92. The molecule has 188 valence electrons. The van der Waals surface area contributed by atoms with Crippen LogP contribution in [-0.4, -0.2) is 81.6 Å². The van der Waals surface area contributed by atoms with E-state index < -0.39 is 29.8 Å². The van der Waals surface area contributed by atoms with Crippen LogP contribution in [-0.2, 0) is 41.0 Å². The average Bonchev–Trinajstić information content (AvgIpc) is 2.35. The minimum atomic E-state index is -0.833. The van der Waals surface area contributed by atoms with E-state index in [0.717, 1.165) is 47.7 Å². The molecule has 0 aliphatic rings. The van der Waals surface area contributed by atoms with Gasteiger partial charge in [-0.3, -0.25) is 24.0 Å². The molecule has 0 saturated carbocycles. The maximum Gasteiger partial charge on any atom is 0.300 e. The predicted molar refractivity (Wildman–Crippen MR) is 108 cm³/mol. The maximum absolute atomic E-state index is 9.00. The summed E-state index contributed by atoms with van der Waals surface area (Å²) < 4.78 is 0. The molecule has 0 aromatic rings. The van der Waals surface area contributed by atoms with Crippen LogP contribution < -0.4 is 29.1 Å². The molecule has 0 aromatic heterocycles. The van der Waals surface area contributed by atoms with E-state index in [0.29, 0.717) is 13.1 Å². The van der Waals surface area contributed by atoms with E-state index in [-0.39, 0.29) is 29.4 Å². The molecular formula is C14H39FeN5O10. The zero-order valence-corrected chi connectivity index (χ0v) is 19.1. The van der Waals surface area contributed by atoms with Crippen molar-refractivity contribution >= 4 is 29.8 Å². The second kappa shape index (κ2) is 56.3. The fourth-order valence-corrected chi connectivity index (χ4v) is 0.329. The van der Waals surface area contributed by atoms with Crippen molar-refractivity contribution in [1.29, 1.82) is 0 Å². The molecule has 16 N–H and O–H groups in total. The van der Waals surface area contributed by atoms with Crippen molar-refractivity contribution in [1.82, 2.24) is 17.6 Å². The van der Waals surface area contributed by atoms with Gasteiger partial charge in [-0.2, -0.15) is 0 Å². The first kappa shape index (κ1) is 56.5. The Hall–Kier alpha value is -2.33. The zero-order valence-electron chi connectivity index (χ0n) is 18.0. The Morgan fingerprint density at radius 2 is 0.667 bits per heavy atom. The molecule has 0 aliphatic carbocycles. The molecule has 0 aromatic carbocycles. The van der Waals surface area contributed by atoms with Crippen molar-refractivity contribution < 1.29 is 66.6 Å². The number of hydrogen-bond acceptors (Lipinski definition) is 10. The molecule has 30 heavy (non-hydrogen) atoms. The molecule has 0 rings (SSSR count). The first-order valence-corrected chi connectivity index (χ1v) is 7.16. The van der Waals surface area contributed by atoms with Crippen LogP contribution in [0.5, 0.6) is 0 Å². The topological polar surface area (TPSA) is 321 Å². The smallest absolute Gasteiger partial charge is 0.300 e. The summed E-state index contributed by atoms with van der Waals surface area (Å²) >= 11 is 0. The molecule has 0 atom stereocenters. The van der Waals surface area contributed by atoms with E-state index in [9.17, 15) is 0 Å². The van der Waals surface area contributed by atoms with E-state index in [1.54, 1.807) is 0 Å². The van der Waals surface area contributed by atoms with Crippen LogP contribution in [0.3, 0.4) is 0 Å². The van der Waals surface area contributed by atoms with Crippen molar-refractivity contribution in [3.63, 3.8) is 0 Å². The number of nitrogens with one attached hydrogen (secondary N) is 1. The summed E-state index contributed by atoms with van der Waals surface area (Å²) in [5, 5.41) is 40.1. The molecule has 16 heteroatoms. The molecular weight excluding hydrogens is 454 g/mol. The minimum Gasteiger partial charge on any atom is -0.481 e. The van der Waals surface area contributed by atoms with E-state index >= 15 is 0 Å². The zero-order chi connectivity index (χ0) is 23.4. The Balaban J connectivity index is -0.0000000251. The monoisotopic (exact) mass is 493 g/mol. The first-order chi connectivity index (χ1) is 12.1. The number of nitrogens with two attached hydrogens (primary N) is 2. The standard InChI is InChI=1S/C4H13N3.5C2H4O2.Fe.2H3N/c5-1-3-7-4-2-6;5*1-2(3)4;;;/h7H,1-6H2;5*1H3,(H,3,4);;2*1H3. The summed E-state index contributed by atoms with van der Waals surface area (Å²) in [6.07, 6.45) is 0. The summed E-state index contributed by atoms with van der Waals surface area (Å²) in [5.74, 6) is -4.17. The number of rotatable bonds is 4. The Labute approximate surface area is 186 Å². The largest absolute Gasteiger partial charge is 0.481 e. The van der Waals surface area contributed by atoms with Crippen molar-refractivity contribution in [2.75, 3.05) is 26.2 Å². The fraction of sp³-hybridized carbons (Fsp3) is 0.643. The molecule has 0 saturated heterocycles. The van der Waals surface area contributed by atoms with Gasteiger partial charge in [0.1, 0.15) is 0 Å². The third-order valence-electron chi connectivity index (χ3n) is 0.642. The van der Waals surface area contributed by atoms with Gasteiger partial charge in [-0.15, -0.1) is 0 Å². The van der Waals surface area contributed by atoms with Gasteiger partial charge in [0, 0.05) is 77.9 Å². The fourth-order valence-electron chi connectivity index (χ4n) is 0.329. The molecule has 0 spiro atoms. The number of aliphatic carboxylic acids is 5. The van der Waals surface area contributed by atoms with Crippen molar-refractivity contribution in [2.45, 2.75) is 34.6 Å². The van der Waals surface area contributed by atoms with Gasteiger partial charge in [-0.1, -0.05) is 0 Å². The first-order valence-electron chi connectivity index (χ1n) is 7.16. The summed E-state index contributed by atoms with van der Waals surface area (Å²) in [5.41, 5.74) is 10.3. The van der Waals surface area contributed by atoms with Crippen molar-refractivity contribution in [3.8, 4) is 0 Å². The average molecular weight is 493 g/mol. The Bertz CT molecular complexity index is 294. The van der Waals surface area contributed by atoms with Gasteiger partial charge < -0.3 is 54.6 Å². The summed E-state index contributed by atoms with van der Waals surface area (Å²) in [6, 6.07) is 0. The quantitative estimate of drug-likeness (QED) is 0.170. The molecule has 15 nitrogen and oxygen atoms in total. The van der Waals surface area contributed by atoms with Crippen LogP contribution in [0, 0.1) is 0 Å². The van der Waals surface area contributed by atoms with Gasteiger partial charge in [0.2, 0.25) is 0 Å². The second-order valence-corrected chi connectivity index (χ2v) is 3.92. The van der Waals surface area contributed by atoms with Crippen LogP contribution in [0.4, 0.5) is 0 Å². The third kappa shape index (κ3) is 5600. The van der Waals surface area contributed by atoms with Crippen molar-refractivity contribution in [2.24, 2.45) is 11.5 Å². The molecule has 0 bridgehead atoms. The summed E-state index contributed by atoms with van der Waals surface area (Å²) in [4.78, 5) is 45.0. The molecule has 0 heterocycles. The van der Waals surface area contributed by atoms with Crippen LogP contribution >= 0.6 is 0 Å². The Kier molecular flexibility index (Phi) is 106. The molecule has 0 unspecified atom stereocenters.